The maximum atomic E-state index is 11.8. The first-order chi connectivity index (χ1) is 7.97. The minimum absolute atomic E-state index is 0.0432. The van der Waals surface area contributed by atoms with Crippen molar-refractivity contribution in [1.29, 1.82) is 5.26 Å². The van der Waals surface area contributed by atoms with Gasteiger partial charge in [-0.2, -0.15) is 10.4 Å². The highest BCUT2D eigenvalue weighted by molar-refractivity contribution is 9.10. The van der Waals surface area contributed by atoms with Crippen molar-refractivity contribution in [2.45, 2.75) is 26.8 Å². The van der Waals surface area contributed by atoms with Crippen molar-refractivity contribution < 1.29 is 4.79 Å². The van der Waals surface area contributed by atoms with E-state index in [0.29, 0.717) is 13.0 Å². The van der Waals surface area contributed by atoms with E-state index in [4.69, 9.17) is 5.26 Å². The molecule has 0 bridgehead atoms. The van der Waals surface area contributed by atoms with Gasteiger partial charge in [0.1, 0.15) is 6.54 Å². The van der Waals surface area contributed by atoms with Gasteiger partial charge in [0.25, 0.3) is 0 Å². The predicted octanol–water partition coefficient (Wildman–Crippen LogP) is 1.63. The molecule has 0 N–H and O–H groups in total. The molecule has 1 amide bonds. The molecule has 0 atom stereocenters. The predicted molar refractivity (Wildman–Crippen MR) is 67.3 cm³/mol. The van der Waals surface area contributed by atoms with Gasteiger partial charge in [-0.3, -0.25) is 9.48 Å². The van der Waals surface area contributed by atoms with E-state index in [-0.39, 0.29) is 12.5 Å². The minimum Gasteiger partial charge on any atom is -0.343 e. The van der Waals surface area contributed by atoms with Crippen LogP contribution in [0.2, 0.25) is 0 Å². The lowest BCUT2D eigenvalue weighted by Crippen LogP contribution is -2.31. The quantitative estimate of drug-likeness (QED) is 0.849. The van der Waals surface area contributed by atoms with Gasteiger partial charge in [0.15, 0.2) is 0 Å². The molecule has 1 aromatic rings. The minimum atomic E-state index is -0.0432. The van der Waals surface area contributed by atoms with Gasteiger partial charge in [0.2, 0.25) is 5.91 Å². The largest absolute Gasteiger partial charge is 0.343 e. The summed E-state index contributed by atoms with van der Waals surface area (Å²) in [5.74, 6) is -0.0432. The lowest BCUT2D eigenvalue weighted by Gasteiger charge is -2.15. The molecule has 0 radical (unpaired) electrons. The van der Waals surface area contributed by atoms with E-state index in [1.807, 2.05) is 19.9 Å². The Labute approximate surface area is 109 Å². The van der Waals surface area contributed by atoms with Gasteiger partial charge >= 0.3 is 0 Å². The first-order valence-electron chi connectivity index (χ1n) is 5.27. The number of aryl methyl sites for hydroxylation is 1. The molecule has 0 aromatic carbocycles. The van der Waals surface area contributed by atoms with Crippen molar-refractivity contribution in [3.63, 3.8) is 0 Å². The SMILES string of the molecule is Cc1nn(CC(=O)N(C)CCC#N)c(C)c1Br. The van der Waals surface area contributed by atoms with Gasteiger partial charge in [-0.05, 0) is 29.8 Å². The molecule has 0 fully saturated rings. The van der Waals surface area contributed by atoms with Gasteiger partial charge in [0, 0.05) is 13.6 Å². The van der Waals surface area contributed by atoms with Crippen LogP contribution in [0.5, 0.6) is 0 Å². The van der Waals surface area contributed by atoms with Gasteiger partial charge in [0.05, 0.1) is 28.4 Å². The Bertz CT molecular complexity index is 461. The van der Waals surface area contributed by atoms with Crippen LogP contribution in [-0.4, -0.2) is 34.2 Å². The van der Waals surface area contributed by atoms with E-state index in [1.54, 1.807) is 16.6 Å². The van der Waals surface area contributed by atoms with Crippen molar-refractivity contribution in [3.05, 3.63) is 15.9 Å². The number of carbonyl (C=O) groups is 1. The maximum absolute atomic E-state index is 11.8. The van der Waals surface area contributed by atoms with Crippen molar-refractivity contribution in [1.82, 2.24) is 14.7 Å². The van der Waals surface area contributed by atoms with Crippen molar-refractivity contribution in [2.24, 2.45) is 0 Å². The van der Waals surface area contributed by atoms with E-state index < -0.39 is 0 Å². The average molecular weight is 299 g/mol. The Morgan fingerprint density at radius 3 is 2.71 bits per heavy atom. The summed E-state index contributed by atoms with van der Waals surface area (Å²) in [7, 11) is 1.69. The Kier molecular flexibility index (Phi) is 4.70. The second kappa shape index (κ2) is 5.82. The maximum Gasteiger partial charge on any atom is 0.244 e. The molecule has 17 heavy (non-hydrogen) atoms. The summed E-state index contributed by atoms with van der Waals surface area (Å²) in [5.41, 5.74) is 1.81. The van der Waals surface area contributed by atoms with E-state index in [2.05, 4.69) is 21.0 Å². The molecule has 6 heteroatoms. The zero-order chi connectivity index (χ0) is 13.0. The molecular weight excluding hydrogens is 284 g/mol. The zero-order valence-corrected chi connectivity index (χ0v) is 11.8. The number of hydrogen-bond acceptors (Lipinski definition) is 3. The highest BCUT2D eigenvalue weighted by Gasteiger charge is 2.14. The number of carbonyl (C=O) groups excluding carboxylic acids is 1. The second-order valence-corrected chi connectivity index (χ2v) is 4.66. The summed E-state index contributed by atoms with van der Waals surface area (Å²) in [6.45, 7) is 4.46. The third kappa shape index (κ3) is 3.30. The molecule has 0 aliphatic rings. The highest BCUT2D eigenvalue weighted by atomic mass is 79.9. The fourth-order valence-electron chi connectivity index (χ4n) is 1.42. The van der Waals surface area contributed by atoms with Crippen molar-refractivity contribution >= 4 is 21.8 Å². The molecule has 1 rings (SSSR count). The van der Waals surface area contributed by atoms with Gasteiger partial charge < -0.3 is 4.90 Å². The molecule has 0 saturated carbocycles. The van der Waals surface area contributed by atoms with Crippen LogP contribution < -0.4 is 0 Å². The van der Waals surface area contributed by atoms with E-state index in [0.717, 1.165) is 15.9 Å². The third-order valence-corrected chi connectivity index (χ3v) is 3.71. The standard InChI is InChI=1S/C11H15BrN4O/c1-8-11(12)9(2)16(14-8)7-10(17)15(3)6-4-5-13/h4,6-7H2,1-3H3. The van der Waals surface area contributed by atoms with Crippen LogP contribution in [0, 0.1) is 25.2 Å². The molecule has 1 aromatic heterocycles. The smallest absolute Gasteiger partial charge is 0.244 e. The van der Waals surface area contributed by atoms with Crippen LogP contribution in [-0.2, 0) is 11.3 Å². The van der Waals surface area contributed by atoms with Gasteiger partial charge in [-0.15, -0.1) is 0 Å². The first kappa shape index (κ1) is 13.7. The second-order valence-electron chi connectivity index (χ2n) is 3.87. The third-order valence-electron chi connectivity index (χ3n) is 2.56. The number of hydrogen-bond donors (Lipinski definition) is 0. The van der Waals surface area contributed by atoms with Gasteiger partial charge in [-0.1, -0.05) is 0 Å². The number of likely N-dealkylation sites (N-methyl/N-ethyl adjacent to an activating group) is 1. The lowest BCUT2D eigenvalue weighted by molar-refractivity contribution is -0.130. The summed E-state index contributed by atoms with van der Waals surface area (Å²) in [6, 6.07) is 2.02. The lowest BCUT2D eigenvalue weighted by atomic mass is 10.4. The molecule has 92 valence electrons. The molecule has 0 unspecified atom stereocenters. The number of rotatable bonds is 4. The van der Waals surface area contributed by atoms with Crippen LogP contribution in [0.15, 0.2) is 4.47 Å². The van der Waals surface area contributed by atoms with Crippen LogP contribution in [0.1, 0.15) is 17.8 Å². The zero-order valence-electron chi connectivity index (χ0n) is 10.2. The number of nitriles is 1. The fraction of sp³-hybridized carbons (Fsp3) is 0.545. The van der Waals surface area contributed by atoms with Crippen LogP contribution in [0.25, 0.3) is 0 Å². The Balaban J connectivity index is 2.68. The van der Waals surface area contributed by atoms with Crippen LogP contribution in [0.3, 0.4) is 0 Å². The monoisotopic (exact) mass is 298 g/mol. The summed E-state index contributed by atoms with van der Waals surface area (Å²) in [6.07, 6.45) is 0.350. The molecule has 0 saturated heterocycles. The van der Waals surface area contributed by atoms with Crippen molar-refractivity contribution in [3.8, 4) is 6.07 Å². The molecule has 0 aliphatic carbocycles. The average Bonchev–Trinajstić information content (AvgIpc) is 2.54. The number of amides is 1. The first-order valence-corrected chi connectivity index (χ1v) is 6.07. The Hall–Kier alpha value is -1.35. The summed E-state index contributed by atoms with van der Waals surface area (Å²) in [5, 5.41) is 12.7. The Morgan fingerprint density at radius 2 is 2.24 bits per heavy atom. The van der Waals surface area contributed by atoms with E-state index in [1.165, 1.54) is 0 Å². The molecular formula is C11H15BrN4O. The van der Waals surface area contributed by atoms with Gasteiger partial charge in [-0.25, -0.2) is 0 Å². The topological polar surface area (TPSA) is 61.9 Å². The van der Waals surface area contributed by atoms with E-state index >= 15 is 0 Å². The number of halogens is 1. The van der Waals surface area contributed by atoms with Crippen molar-refractivity contribution in [2.75, 3.05) is 13.6 Å². The summed E-state index contributed by atoms with van der Waals surface area (Å²) >= 11 is 3.42. The van der Waals surface area contributed by atoms with Crippen LogP contribution >= 0.6 is 15.9 Å². The summed E-state index contributed by atoms with van der Waals surface area (Å²) in [4.78, 5) is 13.4. The molecule has 5 nitrogen and oxygen atoms in total. The highest BCUT2D eigenvalue weighted by Crippen LogP contribution is 2.19. The molecule has 0 aliphatic heterocycles. The van der Waals surface area contributed by atoms with E-state index in [9.17, 15) is 4.79 Å². The Morgan fingerprint density at radius 1 is 1.59 bits per heavy atom. The summed E-state index contributed by atoms with van der Waals surface area (Å²) < 4.78 is 2.61. The van der Waals surface area contributed by atoms with Crippen LogP contribution in [0.4, 0.5) is 0 Å². The number of nitrogens with zero attached hydrogens (tertiary/aromatic N) is 4. The normalized spacial score (nSPS) is 10.1. The molecule has 1 heterocycles. The fourth-order valence-corrected chi connectivity index (χ4v) is 1.70. The molecule has 0 spiro atoms. The number of aromatic nitrogens is 2.